The predicted molar refractivity (Wildman–Crippen MR) is 159 cm³/mol. The first-order valence-corrected chi connectivity index (χ1v) is 14.0. The quantitative estimate of drug-likeness (QED) is 0.0625. The van der Waals surface area contributed by atoms with Crippen molar-refractivity contribution in [3.8, 4) is 5.75 Å². The van der Waals surface area contributed by atoms with Gasteiger partial charge in [0.2, 0.25) is 0 Å². The molecule has 1 aliphatic rings. The fourth-order valence-corrected chi connectivity index (χ4v) is 6.01. The van der Waals surface area contributed by atoms with Gasteiger partial charge in [-0.1, -0.05) is 35.4 Å². The molecule has 0 fully saturated rings. The number of nitrogens with zero attached hydrogens (tertiary/aromatic N) is 2. The summed E-state index contributed by atoms with van der Waals surface area (Å²) >= 11 is 0.965. The number of rotatable bonds is 11. The molecule has 3 aromatic rings. The number of nitrogens with two attached hydrogens (primary N) is 1. The lowest BCUT2D eigenvalue weighted by Crippen LogP contribution is -2.72. The topological polar surface area (TPSA) is 198 Å². The predicted octanol–water partition coefficient (Wildman–Crippen LogP) is 1.98. The number of carbonyl (C=O) groups excluding carboxylic acids is 2. The first-order valence-electron chi connectivity index (χ1n) is 13.2. The molecule has 2 aromatic carbocycles. The number of carboxylic acid groups (broad SMARTS) is 2. The third-order valence-corrected chi connectivity index (χ3v) is 8.11. The molecular weight excluding hydrogens is 576 g/mol. The molecule has 43 heavy (non-hydrogen) atoms. The average Bonchev–Trinajstić information content (AvgIpc) is 3.37. The third-order valence-electron chi connectivity index (χ3n) is 6.86. The summed E-state index contributed by atoms with van der Waals surface area (Å²) in [6.07, 6.45) is 0.327. The maximum absolute atomic E-state index is 13.0. The van der Waals surface area contributed by atoms with E-state index in [1.54, 1.807) is 19.5 Å². The largest absolute Gasteiger partial charge is 0.497 e. The molecule has 1 atom stereocenters. The van der Waals surface area contributed by atoms with E-state index < -0.39 is 29.8 Å². The van der Waals surface area contributed by atoms with E-state index in [1.165, 1.54) is 0 Å². The number of carboxylic acids is 2. The normalized spacial score (nSPS) is 14.8. The van der Waals surface area contributed by atoms with Crippen LogP contribution in [-0.2, 0) is 27.3 Å². The Morgan fingerprint density at radius 2 is 1.79 bits per heavy atom. The van der Waals surface area contributed by atoms with Gasteiger partial charge in [-0.05, 0) is 36.6 Å². The van der Waals surface area contributed by atoms with Crippen molar-refractivity contribution in [1.82, 2.24) is 10.2 Å². The summed E-state index contributed by atoms with van der Waals surface area (Å²) in [5.41, 5.74) is 3.52. The van der Waals surface area contributed by atoms with Crippen molar-refractivity contribution in [3.63, 3.8) is 0 Å². The molecule has 13 nitrogen and oxygen atoms in total. The maximum atomic E-state index is 13.0. The minimum absolute atomic E-state index is 0.0198. The summed E-state index contributed by atoms with van der Waals surface area (Å²) in [5, 5.41) is 36.5. The Morgan fingerprint density at radius 1 is 1.09 bits per heavy atom. The van der Waals surface area contributed by atoms with Crippen LogP contribution >= 0.6 is 11.3 Å². The molecule has 7 N–H and O–H groups in total. The highest BCUT2D eigenvalue weighted by atomic mass is 32.1. The summed E-state index contributed by atoms with van der Waals surface area (Å²) < 4.78 is 5.24. The number of thiophene rings is 1. The summed E-state index contributed by atoms with van der Waals surface area (Å²) in [4.78, 5) is 50.9. The minimum atomic E-state index is -1.74. The van der Waals surface area contributed by atoms with Gasteiger partial charge in [0.25, 0.3) is 5.91 Å². The van der Waals surface area contributed by atoms with Gasteiger partial charge in [-0.3, -0.25) is 19.9 Å². The van der Waals surface area contributed by atoms with Gasteiger partial charge in [0.05, 0.1) is 18.7 Å². The average molecular weight is 608 g/mol. The first kappa shape index (κ1) is 31.0. The van der Waals surface area contributed by atoms with Crippen molar-refractivity contribution < 1.29 is 39.6 Å². The maximum Gasteiger partial charge on any atom is 0.394 e. The number of benzene rings is 2. The Labute approximate surface area is 250 Å². The summed E-state index contributed by atoms with van der Waals surface area (Å²) in [5.74, 6) is -4.36. The van der Waals surface area contributed by atoms with Crippen LogP contribution in [-0.4, -0.2) is 70.5 Å². The highest BCUT2D eigenvalue weighted by Crippen LogP contribution is 2.43. The Morgan fingerprint density at radius 3 is 2.42 bits per heavy atom. The van der Waals surface area contributed by atoms with E-state index in [0.717, 1.165) is 22.6 Å². The molecule has 0 saturated heterocycles. The molecule has 1 aromatic heterocycles. The zero-order valence-corrected chi connectivity index (χ0v) is 24.2. The zero-order valence-electron chi connectivity index (χ0n) is 23.4. The number of aromatic carboxylic acids is 1. The van der Waals surface area contributed by atoms with Gasteiger partial charge < -0.3 is 25.6 Å². The second-order valence-corrected chi connectivity index (χ2v) is 10.7. The number of hydrogen-bond donors (Lipinski definition) is 6. The lowest BCUT2D eigenvalue weighted by atomic mass is 9.96. The van der Waals surface area contributed by atoms with Crippen molar-refractivity contribution in [2.24, 2.45) is 5.10 Å². The van der Waals surface area contributed by atoms with Crippen molar-refractivity contribution in [2.45, 2.75) is 25.9 Å². The molecule has 1 aliphatic heterocycles. The molecular formula is C29H31N6O7S+. The Hall–Kier alpha value is -4.92. The number of aliphatic carboxylic acids is 1. The molecule has 224 valence electrons. The number of nitrogens with one attached hydrogen (secondary N) is 3. The van der Waals surface area contributed by atoms with Gasteiger partial charge in [-0.25, -0.2) is 9.59 Å². The fraction of sp³-hybridized carbons (Fsp3) is 0.241. The number of carbonyl (C=O) groups is 4. The van der Waals surface area contributed by atoms with Gasteiger partial charge in [0, 0.05) is 36.6 Å². The summed E-state index contributed by atoms with van der Waals surface area (Å²) in [6.45, 7) is 2.45. The molecule has 14 heteroatoms. The second-order valence-electron chi connectivity index (χ2n) is 9.64. The molecule has 1 unspecified atom stereocenters. The minimum Gasteiger partial charge on any atom is -0.497 e. The third kappa shape index (κ3) is 7.48. The van der Waals surface area contributed by atoms with Crippen LogP contribution in [0.15, 0.2) is 59.7 Å². The van der Waals surface area contributed by atoms with E-state index in [1.807, 2.05) is 54.6 Å². The van der Waals surface area contributed by atoms with E-state index in [0.29, 0.717) is 35.7 Å². The van der Waals surface area contributed by atoms with Gasteiger partial charge in [-0.2, -0.15) is 5.43 Å². The number of fused-ring (bicyclic) bond motifs is 1. The molecule has 0 aliphatic carbocycles. The van der Waals surface area contributed by atoms with Crippen LogP contribution in [0.25, 0.3) is 0 Å². The van der Waals surface area contributed by atoms with Crippen LogP contribution < -0.4 is 20.8 Å². The monoisotopic (exact) mass is 607 g/mol. The smallest absolute Gasteiger partial charge is 0.394 e. The van der Waals surface area contributed by atoms with E-state index in [4.69, 9.17) is 15.3 Å². The van der Waals surface area contributed by atoms with Gasteiger partial charge in [0.15, 0.2) is 5.69 Å². The lowest BCUT2D eigenvalue weighted by molar-refractivity contribution is -0.577. The van der Waals surface area contributed by atoms with Crippen molar-refractivity contribution >= 4 is 57.2 Å². The fourth-order valence-electron chi connectivity index (χ4n) is 4.64. The molecule has 2 heterocycles. The number of methoxy groups -OCH3 is 1. The van der Waals surface area contributed by atoms with Crippen LogP contribution in [0.4, 0.5) is 10.7 Å². The number of anilines is 1. The van der Waals surface area contributed by atoms with Crippen molar-refractivity contribution in [3.05, 3.63) is 76.2 Å². The molecule has 0 bridgehead atoms. The molecule has 0 saturated carbocycles. The Bertz CT molecular complexity index is 1570. The van der Waals surface area contributed by atoms with Crippen LogP contribution in [0.3, 0.4) is 0 Å². The van der Waals surface area contributed by atoms with Crippen molar-refractivity contribution in [2.75, 3.05) is 25.5 Å². The van der Waals surface area contributed by atoms with E-state index in [-0.39, 0.29) is 28.5 Å². The SMILES string of the molecule is COc1ccc(CN2CCc3c(sc(NC(=O)C(=O)O)c3C(=O)O)C2CNC(=O)C(=N)/C(C)=N\[NH2+]c2ccccc2)cc1. The number of ether oxygens (including phenoxy) is 1. The standard InChI is InChI=1S/C29H30N6O7S/c1-16(33-34-18-6-4-3-5-7-18)23(30)25(36)31-14-21-24-20(22(28(38)39)27(43-24)32-26(37)29(40)41)12-13-35(21)15-17-8-10-19(42-2)11-9-17/h3-11,21,30,34H,12-15H2,1-2H3,(H,31,36)(H,32,37)(H,38,39)(H,40,41)/p+1/b30-23?,33-16-. The van der Waals surface area contributed by atoms with Crippen molar-refractivity contribution in [1.29, 1.82) is 5.41 Å². The van der Waals surface area contributed by atoms with Gasteiger partial charge >= 0.3 is 17.8 Å². The van der Waals surface area contributed by atoms with E-state index >= 15 is 0 Å². The van der Waals surface area contributed by atoms with E-state index in [2.05, 4.69) is 20.6 Å². The highest BCUT2D eigenvalue weighted by Gasteiger charge is 2.36. The number of amides is 2. The molecule has 2 amide bonds. The van der Waals surface area contributed by atoms with Gasteiger partial charge in [0.1, 0.15) is 22.2 Å². The van der Waals surface area contributed by atoms with Crippen LogP contribution in [0, 0.1) is 5.41 Å². The highest BCUT2D eigenvalue weighted by molar-refractivity contribution is 7.17. The number of quaternary nitrogens is 1. The number of hydrogen-bond acceptors (Lipinski definition) is 9. The molecule has 4 rings (SSSR count). The Balaban J connectivity index is 1.59. The second kappa shape index (κ2) is 13.8. The van der Waals surface area contributed by atoms with Crippen LogP contribution in [0.5, 0.6) is 5.75 Å². The van der Waals surface area contributed by atoms with E-state index in [9.17, 15) is 24.3 Å². The van der Waals surface area contributed by atoms with Gasteiger partial charge in [-0.15, -0.1) is 11.3 Å². The summed E-state index contributed by atoms with van der Waals surface area (Å²) in [6, 6.07) is 16.2. The van der Waals surface area contributed by atoms with Crippen LogP contribution in [0.1, 0.15) is 39.3 Å². The molecule has 0 radical (unpaired) electrons. The van der Waals surface area contributed by atoms with Crippen LogP contribution in [0.2, 0.25) is 0 Å². The zero-order chi connectivity index (χ0) is 31.1. The lowest BCUT2D eigenvalue weighted by Gasteiger charge is -2.36. The summed E-state index contributed by atoms with van der Waals surface area (Å²) in [7, 11) is 1.57. The first-order chi connectivity index (χ1) is 20.6. The Kier molecular flexibility index (Phi) is 9.98. The molecule has 0 spiro atoms.